The fourth-order valence-corrected chi connectivity index (χ4v) is 1.47. The molecule has 2 heteroatoms. The summed E-state index contributed by atoms with van der Waals surface area (Å²) in [5.41, 5.74) is 0. The second-order valence-corrected chi connectivity index (χ2v) is 3.66. The maximum Gasteiger partial charge on any atom is 0.00788 e. The highest BCUT2D eigenvalue weighted by Crippen LogP contribution is 2.02. The van der Waals surface area contributed by atoms with Gasteiger partial charge in [-0.1, -0.05) is 13.8 Å². The maximum absolute atomic E-state index is 2.50. The van der Waals surface area contributed by atoms with E-state index in [-0.39, 0.29) is 0 Å². The molecule has 0 aromatic rings. The molecule has 74 valence electrons. The van der Waals surface area contributed by atoms with Gasteiger partial charge in [0.25, 0.3) is 0 Å². The van der Waals surface area contributed by atoms with E-state index in [1.54, 1.807) is 0 Å². The van der Waals surface area contributed by atoms with Crippen molar-refractivity contribution in [3.05, 3.63) is 0 Å². The molecule has 0 aliphatic rings. The van der Waals surface area contributed by atoms with E-state index < -0.39 is 0 Å². The van der Waals surface area contributed by atoms with Crippen molar-refractivity contribution in [1.82, 2.24) is 9.80 Å². The third kappa shape index (κ3) is 4.73. The monoisotopic (exact) mass is 172 g/mol. The lowest BCUT2D eigenvalue weighted by Crippen LogP contribution is -2.34. The number of hydrogen-bond donors (Lipinski definition) is 0. The molecule has 0 bridgehead atoms. The Morgan fingerprint density at radius 1 is 1.08 bits per heavy atom. The Bertz CT molecular complexity index is 98.0. The Balaban J connectivity index is 3.61. The van der Waals surface area contributed by atoms with Crippen LogP contribution in [-0.2, 0) is 0 Å². The average Bonchev–Trinajstić information content (AvgIpc) is 2.03. The first kappa shape index (κ1) is 11.9. The lowest BCUT2D eigenvalue weighted by molar-refractivity contribution is 0.206. The molecule has 12 heavy (non-hydrogen) atoms. The standard InChI is InChI=1S/C10H24N2/c1-6-12(7-2)10(3)8-9-11(4)5/h10H,6-9H2,1-5H3. The number of rotatable bonds is 6. The van der Waals surface area contributed by atoms with Gasteiger partial charge < -0.3 is 9.80 Å². The van der Waals surface area contributed by atoms with Crippen LogP contribution in [0.4, 0.5) is 0 Å². The molecule has 0 radical (unpaired) electrons. The smallest absolute Gasteiger partial charge is 0.00788 e. The van der Waals surface area contributed by atoms with Crippen molar-refractivity contribution >= 4 is 0 Å². The second kappa shape index (κ2) is 6.44. The molecule has 0 spiro atoms. The Kier molecular flexibility index (Phi) is 6.39. The van der Waals surface area contributed by atoms with Crippen molar-refractivity contribution in [2.75, 3.05) is 33.7 Å². The van der Waals surface area contributed by atoms with Crippen LogP contribution in [0.15, 0.2) is 0 Å². The summed E-state index contributed by atoms with van der Waals surface area (Å²) in [6.45, 7) is 10.3. The molecule has 0 amide bonds. The minimum Gasteiger partial charge on any atom is -0.309 e. The Morgan fingerprint density at radius 3 is 1.92 bits per heavy atom. The van der Waals surface area contributed by atoms with Gasteiger partial charge in [-0.25, -0.2) is 0 Å². The van der Waals surface area contributed by atoms with E-state index in [0.717, 1.165) is 6.04 Å². The molecule has 1 unspecified atom stereocenters. The van der Waals surface area contributed by atoms with Gasteiger partial charge in [0.1, 0.15) is 0 Å². The average molecular weight is 172 g/mol. The predicted octanol–water partition coefficient (Wildman–Crippen LogP) is 1.67. The maximum atomic E-state index is 2.50. The quantitative estimate of drug-likeness (QED) is 0.601. The fourth-order valence-electron chi connectivity index (χ4n) is 1.47. The third-order valence-corrected chi connectivity index (χ3v) is 2.43. The van der Waals surface area contributed by atoms with Crippen molar-refractivity contribution in [2.24, 2.45) is 0 Å². The highest BCUT2D eigenvalue weighted by atomic mass is 15.1. The van der Waals surface area contributed by atoms with Crippen molar-refractivity contribution in [1.29, 1.82) is 0 Å². The van der Waals surface area contributed by atoms with E-state index >= 15 is 0 Å². The zero-order valence-corrected chi connectivity index (χ0v) is 9.30. The summed E-state index contributed by atoms with van der Waals surface area (Å²) >= 11 is 0. The third-order valence-electron chi connectivity index (χ3n) is 2.43. The number of nitrogens with zero attached hydrogens (tertiary/aromatic N) is 2. The van der Waals surface area contributed by atoms with Crippen molar-refractivity contribution in [3.63, 3.8) is 0 Å². The van der Waals surface area contributed by atoms with Crippen LogP contribution in [0.2, 0.25) is 0 Å². The van der Waals surface area contributed by atoms with Gasteiger partial charge in [0.15, 0.2) is 0 Å². The Morgan fingerprint density at radius 2 is 1.58 bits per heavy atom. The minimum absolute atomic E-state index is 0.724. The van der Waals surface area contributed by atoms with Gasteiger partial charge in [0.05, 0.1) is 0 Å². The first-order valence-electron chi connectivity index (χ1n) is 5.00. The molecule has 0 rings (SSSR count). The van der Waals surface area contributed by atoms with Crippen LogP contribution in [0.25, 0.3) is 0 Å². The Labute approximate surface area is 77.5 Å². The zero-order chi connectivity index (χ0) is 9.56. The number of hydrogen-bond acceptors (Lipinski definition) is 2. The summed E-state index contributed by atoms with van der Waals surface area (Å²) in [7, 11) is 4.27. The van der Waals surface area contributed by atoms with Crippen molar-refractivity contribution in [2.45, 2.75) is 33.2 Å². The summed E-state index contributed by atoms with van der Waals surface area (Å²) in [4.78, 5) is 4.75. The van der Waals surface area contributed by atoms with Gasteiger partial charge >= 0.3 is 0 Å². The summed E-state index contributed by atoms with van der Waals surface area (Å²) in [6.07, 6.45) is 1.27. The topological polar surface area (TPSA) is 6.48 Å². The summed E-state index contributed by atoms with van der Waals surface area (Å²) < 4.78 is 0. The van der Waals surface area contributed by atoms with Crippen LogP contribution in [0.1, 0.15) is 27.2 Å². The molecule has 0 aliphatic carbocycles. The van der Waals surface area contributed by atoms with E-state index in [4.69, 9.17) is 0 Å². The first-order valence-corrected chi connectivity index (χ1v) is 5.00. The second-order valence-electron chi connectivity index (χ2n) is 3.66. The highest BCUT2D eigenvalue weighted by molar-refractivity contribution is 4.65. The molecule has 0 saturated heterocycles. The molecule has 0 aromatic carbocycles. The van der Waals surface area contributed by atoms with Gasteiger partial charge in [-0.15, -0.1) is 0 Å². The first-order chi connectivity index (χ1) is 5.61. The van der Waals surface area contributed by atoms with Gasteiger partial charge in [-0.2, -0.15) is 0 Å². The van der Waals surface area contributed by atoms with E-state index in [1.165, 1.54) is 26.1 Å². The van der Waals surface area contributed by atoms with Gasteiger partial charge in [-0.3, -0.25) is 0 Å². The van der Waals surface area contributed by atoms with E-state index in [9.17, 15) is 0 Å². The molecule has 0 fully saturated rings. The van der Waals surface area contributed by atoms with Crippen molar-refractivity contribution in [3.8, 4) is 0 Å². The van der Waals surface area contributed by atoms with Crippen LogP contribution in [-0.4, -0.2) is 49.6 Å². The molecule has 0 heterocycles. The van der Waals surface area contributed by atoms with Crippen LogP contribution in [0.5, 0.6) is 0 Å². The molecule has 0 aliphatic heterocycles. The largest absolute Gasteiger partial charge is 0.309 e. The van der Waals surface area contributed by atoms with Crippen molar-refractivity contribution < 1.29 is 0 Å². The summed E-state index contributed by atoms with van der Waals surface area (Å²) in [5.74, 6) is 0. The van der Waals surface area contributed by atoms with Crippen LogP contribution >= 0.6 is 0 Å². The summed E-state index contributed by atoms with van der Waals surface area (Å²) in [6, 6.07) is 0.724. The van der Waals surface area contributed by atoms with E-state index in [2.05, 4.69) is 44.7 Å². The molecular formula is C10H24N2. The van der Waals surface area contributed by atoms with E-state index in [1.807, 2.05) is 0 Å². The normalized spacial score (nSPS) is 14.2. The van der Waals surface area contributed by atoms with Crippen LogP contribution in [0.3, 0.4) is 0 Å². The van der Waals surface area contributed by atoms with Gasteiger partial charge in [-0.05, 0) is 47.1 Å². The molecule has 0 saturated carbocycles. The molecule has 0 N–H and O–H groups in total. The zero-order valence-electron chi connectivity index (χ0n) is 9.30. The van der Waals surface area contributed by atoms with Crippen LogP contribution < -0.4 is 0 Å². The minimum atomic E-state index is 0.724. The Hall–Kier alpha value is -0.0800. The predicted molar refractivity (Wildman–Crippen MR) is 55.6 cm³/mol. The van der Waals surface area contributed by atoms with Gasteiger partial charge in [0.2, 0.25) is 0 Å². The fraction of sp³-hybridized carbons (Fsp3) is 1.00. The molecule has 0 aromatic heterocycles. The van der Waals surface area contributed by atoms with Crippen LogP contribution in [0, 0.1) is 0 Å². The lowest BCUT2D eigenvalue weighted by atomic mass is 10.2. The highest BCUT2D eigenvalue weighted by Gasteiger charge is 2.09. The summed E-state index contributed by atoms with van der Waals surface area (Å²) in [5, 5.41) is 0. The molecule has 2 nitrogen and oxygen atoms in total. The van der Waals surface area contributed by atoms with Gasteiger partial charge in [0, 0.05) is 6.04 Å². The SMILES string of the molecule is CCN(CC)C(C)CCN(C)C. The lowest BCUT2D eigenvalue weighted by Gasteiger charge is -2.27. The molecular weight excluding hydrogens is 148 g/mol. The molecule has 1 atom stereocenters. The van der Waals surface area contributed by atoms with E-state index in [0.29, 0.717) is 0 Å².